The van der Waals surface area contributed by atoms with Crippen LogP contribution in [0.4, 0.5) is 5.69 Å². The Bertz CT molecular complexity index is 442. The molecule has 3 heteroatoms. The van der Waals surface area contributed by atoms with E-state index in [-0.39, 0.29) is 6.61 Å². The summed E-state index contributed by atoms with van der Waals surface area (Å²) in [5, 5.41) is 12.8. The number of ether oxygens (including phenoxy) is 1. The second kappa shape index (κ2) is 5.14. The van der Waals surface area contributed by atoms with Gasteiger partial charge in [0.05, 0.1) is 12.7 Å². The Balaban J connectivity index is 1.67. The number of hydrogen-bond donors (Lipinski definition) is 2. The maximum absolute atomic E-state index is 9.19. The Morgan fingerprint density at radius 1 is 1.42 bits per heavy atom. The van der Waals surface area contributed by atoms with Crippen LogP contribution in [0.5, 0.6) is 0 Å². The summed E-state index contributed by atoms with van der Waals surface area (Å²) < 4.78 is 5.87. The van der Waals surface area contributed by atoms with Gasteiger partial charge >= 0.3 is 0 Å². The molecule has 0 amide bonds. The third-order valence-corrected chi connectivity index (χ3v) is 4.89. The summed E-state index contributed by atoms with van der Waals surface area (Å²) >= 11 is 0. The number of anilines is 1. The molecule has 3 rings (SSSR count). The van der Waals surface area contributed by atoms with Gasteiger partial charge in [0.15, 0.2) is 0 Å². The van der Waals surface area contributed by atoms with Gasteiger partial charge in [0.25, 0.3) is 0 Å². The predicted molar refractivity (Wildman–Crippen MR) is 76.1 cm³/mol. The average molecular weight is 261 g/mol. The van der Waals surface area contributed by atoms with Gasteiger partial charge in [0.1, 0.15) is 0 Å². The molecule has 0 heterocycles. The molecule has 0 saturated heterocycles. The van der Waals surface area contributed by atoms with E-state index in [1.807, 2.05) is 18.2 Å². The minimum atomic E-state index is 0.104. The smallest absolute Gasteiger partial charge is 0.0682 e. The molecular formula is C16H23NO2. The number of nitrogens with one attached hydrogen (secondary N) is 1. The molecule has 0 aromatic heterocycles. The minimum absolute atomic E-state index is 0.104. The highest BCUT2D eigenvalue weighted by Gasteiger charge is 2.58. The summed E-state index contributed by atoms with van der Waals surface area (Å²) in [5.41, 5.74) is 2.47. The lowest BCUT2D eigenvalue weighted by Crippen LogP contribution is -2.64. The summed E-state index contributed by atoms with van der Waals surface area (Å²) in [7, 11) is 0. The van der Waals surface area contributed by atoms with E-state index >= 15 is 0 Å². The van der Waals surface area contributed by atoms with Crippen LogP contribution >= 0.6 is 0 Å². The van der Waals surface area contributed by atoms with Crippen molar-refractivity contribution in [2.24, 2.45) is 5.41 Å². The standard InChI is InChI=1S/C16H23NO2/c1-2-19-15-10-14(16(15)7-4-8-16)17-13-6-3-5-12(9-13)11-18/h3,5-6,9,14-15,17-18H,2,4,7-8,10-11H2,1H3/t14-,15+/m1/s1. The van der Waals surface area contributed by atoms with Gasteiger partial charge in [0.2, 0.25) is 0 Å². The van der Waals surface area contributed by atoms with E-state index in [1.54, 1.807) is 0 Å². The molecule has 3 nitrogen and oxygen atoms in total. The first-order valence-electron chi connectivity index (χ1n) is 7.36. The van der Waals surface area contributed by atoms with Crippen LogP contribution in [0.2, 0.25) is 0 Å². The zero-order valence-corrected chi connectivity index (χ0v) is 11.6. The molecule has 0 radical (unpaired) electrons. The Morgan fingerprint density at radius 3 is 2.89 bits per heavy atom. The Kier molecular flexibility index (Phi) is 3.50. The third-order valence-electron chi connectivity index (χ3n) is 4.89. The Hall–Kier alpha value is -1.06. The second-order valence-corrected chi connectivity index (χ2v) is 5.82. The van der Waals surface area contributed by atoms with Gasteiger partial charge < -0.3 is 15.2 Å². The second-order valence-electron chi connectivity index (χ2n) is 5.82. The minimum Gasteiger partial charge on any atom is -0.392 e. The number of benzene rings is 1. The molecule has 0 aliphatic heterocycles. The summed E-state index contributed by atoms with van der Waals surface area (Å²) in [5.74, 6) is 0. The maximum atomic E-state index is 9.19. The maximum Gasteiger partial charge on any atom is 0.0682 e. The fourth-order valence-corrected chi connectivity index (χ4v) is 3.60. The summed E-state index contributed by atoms with van der Waals surface area (Å²) in [4.78, 5) is 0. The van der Waals surface area contributed by atoms with Crippen LogP contribution in [0, 0.1) is 5.41 Å². The van der Waals surface area contributed by atoms with Crippen molar-refractivity contribution >= 4 is 5.69 Å². The van der Waals surface area contributed by atoms with Crippen molar-refractivity contribution in [3.05, 3.63) is 29.8 Å². The monoisotopic (exact) mass is 261 g/mol. The molecule has 2 atom stereocenters. The quantitative estimate of drug-likeness (QED) is 0.856. The van der Waals surface area contributed by atoms with Gasteiger partial charge in [0, 0.05) is 23.8 Å². The molecule has 1 spiro atoms. The fourth-order valence-electron chi connectivity index (χ4n) is 3.60. The predicted octanol–water partition coefficient (Wildman–Crippen LogP) is 2.94. The highest BCUT2D eigenvalue weighted by atomic mass is 16.5. The number of rotatable bonds is 5. The van der Waals surface area contributed by atoms with Crippen molar-refractivity contribution in [1.29, 1.82) is 0 Å². The number of aliphatic hydroxyl groups is 1. The number of hydrogen-bond acceptors (Lipinski definition) is 3. The van der Waals surface area contributed by atoms with E-state index in [0.717, 1.165) is 24.3 Å². The van der Waals surface area contributed by atoms with E-state index < -0.39 is 0 Å². The van der Waals surface area contributed by atoms with Gasteiger partial charge in [-0.2, -0.15) is 0 Å². The first-order valence-corrected chi connectivity index (χ1v) is 7.36. The molecule has 19 heavy (non-hydrogen) atoms. The van der Waals surface area contributed by atoms with Crippen LogP contribution in [-0.2, 0) is 11.3 Å². The highest BCUT2D eigenvalue weighted by molar-refractivity contribution is 5.48. The SMILES string of the molecule is CCO[C@H]1C[C@@H](Nc2cccc(CO)c2)C12CCC2. The van der Waals surface area contributed by atoms with Crippen molar-refractivity contribution in [2.45, 2.75) is 51.4 Å². The molecule has 0 bridgehead atoms. The molecule has 1 aromatic carbocycles. The van der Waals surface area contributed by atoms with E-state index in [2.05, 4.69) is 18.3 Å². The summed E-state index contributed by atoms with van der Waals surface area (Å²) in [6.45, 7) is 3.00. The molecular weight excluding hydrogens is 238 g/mol. The van der Waals surface area contributed by atoms with Gasteiger partial charge in [-0.25, -0.2) is 0 Å². The first kappa shape index (κ1) is 12.9. The lowest BCUT2D eigenvalue weighted by Gasteiger charge is -2.61. The largest absolute Gasteiger partial charge is 0.392 e. The van der Waals surface area contributed by atoms with Crippen LogP contribution < -0.4 is 5.32 Å². The summed E-state index contributed by atoms with van der Waals surface area (Å²) in [6, 6.07) is 8.61. The zero-order valence-electron chi connectivity index (χ0n) is 11.6. The molecule has 104 valence electrons. The molecule has 2 aliphatic carbocycles. The van der Waals surface area contributed by atoms with Crippen molar-refractivity contribution < 1.29 is 9.84 Å². The molecule has 2 saturated carbocycles. The van der Waals surface area contributed by atoms with Crippen LogP contribution in [0.25, 0.3) is 0 Å². The van der Waals surface area contributed by atoms with E-state index in [0.29, 0.717) is 17.6 Å². The van der Waals surface area contributed by atoms with Gasteiger partial charge in [-0.1, -0.05) is 18.6 Å². The van der Waals surface area contributed by atoms with E-state index in [1.165, 1.54) is 19.3 Å². The summed E-state index contributed by atoms with van der Waals surface area (Å²) in [6.07, 6.45) is 5.46. The molecule has 2 aliphatic rings. The topological polar surface area (TPSA) is 41.5 Å². The van der Waals surface area contributed by atoms with E-state index in [4.69, 9.17) is 4.74 Å². The normalized spacial score (nSPS) is 27.7. The fraction of sp³-hybridized carbons (Fsp3) is 0.625. The van der Waals surface area contributed by atoms with Crippen LogP contribution in [-0.4, -0.2) is 23.9 Å². The molecule has 2 N–H and O–H groups in total. The molecule has 2 fully saturated rings. The van der Waals surface area contributed by atoms with Crippen molar-refractivity contribution in [2.75, 3.05) is 11.9 Å². The van der Waals surface area contributed by atoms with Crippen LogP contribution in [0.15, 0.2) is 24.3 Å². The highest BCUT2D eigenvalue weighted by Crippen LogP contribution is 2.58. The van der Waals surface area contributed by atoms with Gasteiger partial charge in [-0.15, -0.1) is 0 Å². The molecule has 0 unspecified atom stereocenters. The Labute approximate surface area is 115 Å². The Morgan fingerprint density at radius 2 is 2.26 bits per heavy atom. The number of aliphatic hydroxyl groups excluding tert-OH is 1. The van der Waals surface area contributed by atoms with Crippen molar-refractivity contribution in [3.8, 4) is 0 Å². The van der Waals surface area contributed by atoms with Crippen LogP contribution in [0.3, 0.4) is 0 Å². The van der Waals surface area contributed by atoms with Gasteiger partial charge in [-0.3, -0.25) is 0 Å². The lowest BCUT2D eigenvalue weighted by atomic mass is 9.51. The zero-order chi connectivity index (χ0) is 13.3. The average Bonchev–Trinajstić information content (AvgIpc) is 2.36. The van der Waals surface area contributed by atoms with E-state index in [9.17, 15) is 5.11 Å². The third kappa shape index (κ3) is 2.15. The van der Waals surface area contributed by atoms with Crippen molar-refractivity contribution in [3.63, 3.8) is 0 Å². The lowest BCUT2D eigenvalue weighted by molar-refractivity contribution is -0.157. The van der Waals surface area contributed by atoms with Gasteiger partial charge in [-0.05, 0) is 43.9 Å². The first-order chi connectivity index (χ1) is 9.28. The van der Waals surface area contributed by atoms with Crippen LogP contribution in [0.1, 0.15) is 38.2 Å². The van der Waals surface area contributed by atoms with Crippen molar-refractivity contribution in [1.82, 2.24) is 0 Å². The molecule has 1 aromatic rings.